The fourth-order valence-corrected chi connectivity index (χ4v) is 3.81. The molecule has 1 heterocycles. The molecule has 0 spiro atoms. The van der Waals surface area contributed by atoms with Crippen molar-refractivity contribution < 1.29 is 9.90 Å². The topological polar surface area (TPSA) is 62.5 Å². The first-order valence-electron chi connectivity index (χ1n) is 9.17. The molecule has 134 valence electrons. The van der Waals surface area contributed by atoms with Gasteiger partial charge in [-0.2, -0.15) is 0 Å². The number of pyridine rings is 1. The van der Waals surface area contributed by atoms with Gasteiger partial charge in [0.1, 0.15) is 6.54 Å². The zero-order valence-corrected chi connectivity index (χ0v) is 14.7. The van der Waals surface area contributed by atoms with Gasteiger partial charge < -0.3 is 14.6 Å². The van der Waals surface area contributed by atoms with Crippen LogP contribution in [0.1, 0.15) is 39.0 Å². The zero-order chi connectivity index (χ0) is 17.8. The van der Waals surface area contributed by atoms with Crippen molar-refractivity contribution in [3.05, 3.63) is 46.8 Å². The predicted octanol–water partition coefficient (Wildman–Crippen LogP) is 2.54. The molecule has 1 aromatic heterocycles. The molecule has 0 radical (unpaired) electrons. The smallest absolute Gasteiger partial charge is 0.242 e. The number of fused-ring (bicyclic) bond motifs is 1. The lowest BCUT2D eigenvalue weighted by atomic mass is 9.91. The number of rotatable bonds is 5. The molecular weight excluding hydrogens is 316 g/mol. The van der Waals surface area contributed by atoms with Crippen LogP contribution in [0.5, 0.6) is 0 Å². The van der Waals surface area contributed by atoms with Crippen molar-refractivity contribution >= 4 is 16.8 Å². The summed E-state index contributed by atoms with van der Waals surface area (Å²) >= 11 is 0. The highest BCUT2D eigenvalue weighted by Gasteiger charge is 2.31. The number of carbonyl (C=O) groups excluding carboxylic acids is 1. The normalized spacial score (nSPS) is 20.6. The minimum atomic E-state index is -0.435. The summed E-state index contributed by atoms with van der Waals surface area (Å²) in [5.74, 6) is 0.00148. The van der Waals surface area contributed by atoms with Crippen molar-refractivity contribution in [1.82, 2.24) is 9.47 Å². The molecule has 0 unspecified atom stereocenters. The molecular formula is C20H26N2O3. The highest BCUT2D eigenvalue weighted by Crippen LogP contribution is 2.24. The van der Waals surface area contributed by atoms with E-state index in [1.165, 1.54) is 6.07 Å². The van der Waals surface area contributed by atoms with Gasteiger partial charge in [0.05, 0.1) is 17.7 Å². The van der Waals surface area contributed by atoms with Gasteiger partial charge >= 0.3 is 0 Å². The van der Waals surface area contributed by atoms with Gasteiger partial charge in [0, 0.05) is 24.2 Å². The maximum Gasteiger partial charge on any atom is 0.242 e. The molecule has 0 bridgehead atoms. The standard InChI is InChI=1S/C20H26N2O3/c1-2-12-22(17-9-5-6-10-19(17)24)20(25)14-21-13-11-18(23)15-7-3-4-8-16(15)21/h3-4,7-8,11,13,17,19,24H,2,5-6,9-10,12,14H2,1H3/t17-,19-/m1/s1. The third-order valence-electron chi connectivity index (χ3n) is 5.07. The number of hydrogen-bond acceptors (Lipinski definition) is 3. The monoisotopic (exact) mass is 342 g/mol. The summed E-state index contributed by atoms with van der Waals surface area (Å²) in [6, 6.07) is 8.77. The van der Waals surface area contributed by atoms with Gasteiger partial charge in [0.15, 0.2) is 5.43 Å². The number of nitrogens with zero attached hydrogens (tertiary/aromatic N) is 2. The van der Waals surface area contributed by atoms with Gasteiger partial charge in [0.2, 0.25) is 5.91 Å². The van der Waals surface area contributed by atoms with Crippen LogP contribution in [0.25, 0.3) is 10.9 Å². The van der Waals surface area contributed by atoms with E-state index in [0.717, 1.165) is 37.6 Å². The lowest BCUT2D eigenvalue weighted by molar-refractivity contribution is -0.138. The number of hydrogen-bond donors (Lipinski definition) is 1. The fraction of sp³-hybridized carbons (Fsp3) is 0.500. The van der Waals surface area contributed by atoms with Crippen LogP contribution in [0.3, 0.4) is 0 Å². The van der Waals surface area contributed by atoms with Gasteiger partial charge in [-0.05, 0) is 31.4 Å². The van der Waals surface area contributed by atoms with Crippen LogP contribution in [-0.2, 0) is 11.3 Å². The molecule has 25 heavy (non-hydrogen) atoms. The van der Waals surface area contributed by atoms with Crippen LogP contribution < -0.4 is 5.43 Å². The summed E-state index contributed by atoms with van der Waals surface area (Å²) in [7, 11) is 0. The van der Waals surface area contributed by atoms with Gasteiger partial charge in [-0.25, -0.2) is 0 Å². The Hall–Kier alpha value is -2.14. The number of benzene rings is 1. The Morgan fingerprint density at radius 1 is 1.24 bits per heavy atom. The van der Waals surface area contributed by atoms with Crippen molar-refractivity contribution in [2.75, 3.05) is 6.54 Å². The van der Waals surface area contributed by atoms with E-state index in [2.05, 4.69) is 0 Å². The van der Waals surface area contributed by atoms with Gasteiger partial charge in [-0.1, -0.05) is 31.9 Å². The van der Waals surface area contributed by atoms with Crippen molar-refractivity contribution in [1.29, 1.82) is 0 Å². The average molecular weight is 342 g/mol. The van der Waals surface area contributed by atoms with E-state index in [9.17, 15) is 14.7 Å². The zero-order valence-electron chi connectivity index (χ0n) is 14.7. The van der Waals surface area contributed by atoms with Crippen molar-refractivity contribution in [3.63, 3.8) is 0 Å². The van der Waals surface area contributed by atoms with Crippen molar-refractivity contribution in [2.45, 2.75) is 57.7 Å². The SMILES string of the molecule is CCCN(C(=O)Cn1ccc(=O)c2ccccc21)[C@@H]1CCCC[C@H]1O. The molecule has 1 N–H and O–H groups in total. The molecule has 5 heteroatoms. The quantitative estimate of drug-likeness (QED) is 0.908. The molecule has 5 nitrogen and oxygen atoms in total. The Morgan fingerprint density at radius 3 is 2.76 bits per heavy atom. The lowest BCUT2D eigenvalue weighted by Gasteiger charge is -2.38. The Labute approximate surface area is 147 Å². The number of aliphatic hydroxyl groups is 1. The summed E-state index contributed by atoms with van der Waals surface area (Å²) in [4.78, 5) is 26.8. The van der Waals surface area contributed by atoms with Crippen LogP contribution in [0.15, 0.2) is 41.3 Å². The first-order valence-corrected chi connectivity index (χ1v) is 9.17. The molecule has 1 aliphatic rings. The molecule has 1 aliphatic carbocycles. The lowest BCUT2D eigenvalue weighted by Crippen LogP contribution is -2.49. The molecule has 0 saturated heterocycles. The summed E-state index contributed by atoms with van der Waals surface area (Å²) in [6.45, 7) is 2.88. The van der Waals surface area contributed by atoms with E-state index in [4.69, 9.17) is 0 Å². The summed E-state index contributed by atoms with van der Waals surface area (Å²) in [6.07, 6.45) is 5.81. The maximum atomic E-state index is 13.0. The molecule has 2 aromatic rings. The number of para-hydroxylation sites is 1. The van der Waals surface area contributed by atoms with Gasteiger partial charge in [0.25, 0.3) is 0 Å². The van der Waals surface area contributed by atoms with Gasteiger partial charge in [-0.3, -0.25) is 9.59 Å². The maximum absolute atomic E-state index is 13.0. The van der Waals surface area contributed by atoms with Crippen molar-refractivity contribution in [3.8, 4) is 0 Å². The number of carbonyl (C=O) groups is 1. The minimum Gasteiger partial charge on any atom is -0.391 e. The van der Waals surface area contributed by atoms with Gasteiger partial charge in [-0.15, -0.1) is 0 Å². The summed E-state index contributed by atoms with van der Waals surface area (Å²) < 4.78 is 1.83. The van der Waals surface area contributed by atoms with Crippen LogP contribution in [-0.4, -0.2) is 39.2 Å². The number of amides is 1. The molecule has 3 rings (SSSR count). The Kier molecular flexibility index (Phi) is 5.53. The number of aliphatic hydroxyl groups excluding tert-OH is 1. The predicted molar refractivity (Wildman–Crippen MR) is 98.5 cm³/mol. The fourth-order valence-electron chi connectivity index (χ4n) is 3.81. The second-order valence-electron chi connectivity index (χ2n) is 6.83. The largest absolute Gasteiger partial charge is 0.391 e. The van der Waals surface area contributed by atoms with E-state index < -0.39 is 6.10 Å². The molecule has 1 amide bonds. The number of aromatic nitrogens is 1. The highest BCUT2D eigenvalue weighted by molar-refractivity contribution is 5.82. The van der Waals surface area contributed by atoms with Crippen molar-refractivity contribution in [2.24, 2.45) is 0 Å². The Morgan fingerprint density at radius 2 is 2.00 bits per heavy atom. The van der Waals surface area contributed by atoms with E-state index in [1.54, 1.807) is 12.3 Å². The summed E-state index contributed by atoms with van der Waals surface area (Å²) in [5.41, 5.74) is 0.733. The summed E-state index contributed by atoms with van der Waals surface area (Å²) in [5, 5.41) is 11.0. The molecule has 1 saturated carbocycles. The molecule has 1 aromatic carbocycles. The second-order valence-corrected chi connectivity index (χ2v) is 6.83. The molecule has 1 fully saturated rings. The van der Waals surface area contributed by atoms with Crippen LogP contribution in [0.4, 0.5) is 0 Å². The third-order valence-corrected chi connectivity index (χ3v) is 5.07. The first-order chi connectivity index (χ1) is 12.1. The molecule has 2 atom stereocenters. The van der Waals surface area contributed by atoms with Crippen LogP contribution >= 0.6 is 0 Å². The second kappa shape index (κ2) is 7.83. The Balaban J connectivity index is 1.87. The van der Waals surface area contributed by atoms with Crippen LogP contribution in [0, 0.1) is 0 Å². The molecule has 0 aliphatic heterocycles. The van der Waals surface area contributed by atoms with E-state index in [0.29, 0.717) is 11.9 Å². The van der Waals surface area contributed by atoms with E-state index >= 15 is 0 Å². The first kappa shape index (κ1) is 17.7. The van der Waals surface area contributed by atoms with E-state index in [1.807, 2.05) is 34.6 Å². The highest BCUT2D eigenvalue weighted by atomic mass is 16.3. The Bertz CT molecular complexity index is 799. The van der Waals surface area contributed by atoms with E-state index in [-0.39, 0.29) is 23.9 Å². The minimum absolute atomic E-state index is 0.00148. The average Bonchev–Trinajstić information content (AvgIpc) is 2.63. The third kappa shape index (κ3) is 3.76. The van der Waals surface area contributed by atoms with Crippen LogP contribution in [0.2, 0.25) is 0 Å².